The third kappa shape index (κ3) is 2.17. The molecule has 0 aliphatic rings. The third-order valence-corrected chi connectivity index (χ3v) is 2.34. The number of pyridine rings is 1. The molecule has 0 aromatic carbocycles. The molecule has 0 bridgehead atoms. The van der Waals surface area contributed by atoms with Gasteiger partial charge in [-0.3, -0.25) is 4.98 Å². The van der Waals surface area contributed by atoms with E-state index in [0.717, 1.165) is 11.4 Å². The highest BCUT2D eigenvalue weighted by Gasteiger charge is 1.93. The minimum absolute atomic E-state index is 0.589. The van der Waals surface area contributed by atoms with Crippen molar-refractivity contribution < 1.29 is 0 Å². The predicted octanol–water partition coefficient (Wildman–Crippen LogP) is 2.29. The van der Waals surface area contributed by atoms with Gasteiger partial charge in [0.05, 0.1) is 11.4 Å². The van der Waals surface area contributed by atoms with E-state index in [4.69, 9.17) is 5.73 Å². The molecule has 0 fully saturated rings. The average Bonchev–Trinajstić information content (AvgIpc) is 2.63. The van der Waals surface area contributed by atoms with Crippen molar-refractivity contribution in [2.45, 2.75) is 0 Å². The lowest BCUT2D eigenvalue weighted by Crippen LogP contribution is -1.81. The Balaban J connectivity index is 2.15. The van der Waals surface area contributed by atoms with Crippen LogP contribution in [0.4, 0.5) is 5.13 Å². The number of nitrogens with zero attached hydrogens (tertiary/aromatic N) is 2. The van der Waals surface area contributed by atoms with Crippen LogP contribution in [0.1, 0.15) is 11.4 Å². The van der Waals surface area contributed by atoms with E-state index in [1.165, 1.54) is 11.3 Å². The van der Waals surface area contributed by atoms with E-state index in [-0.39, 0.29) is 0 Å². The molecule has 2 aromatic rings. The van der Waals surface area contributed by atoms with Crippen molar-refractivity contribution in [1.29, 1.82) is 0 Å². The Kier molecular flexibility index (Phi) is 2.55. The Morgan fingerprint density at radius 3 is 2.71 bits per heavy atom. The molecule has 2 aromatic heterocycles. The van der Waals surface area contributed by atoms with Crippen LogP contribution >= 0.6 is 11.3 Å². The van der Waals surface area contributed by atoms with Gasteiger partial charge in [-0.05, 0) is 24.3 Å². The first-order chi connectivity index (χ1) is 6.84. The molecule has 0 saturated heterocycles. The number of rotatable bonds is 2. The summed E-state index contributed by atoms with van der Waals surface area (Å²) in [4.78, 5) is 8.27. The number of nitrogens with two attached hydrogens (primary N) is 1. The second-order valence-electron chi connectivity index (χ2n) is 2.70. The minimum atomic E-state index is 0.589. The Hall–Kier alpha value is -1.68. The molecule has 0 radical (unpaired) electrons. The van der Waals surface area contributed by atoms with Gasteiger partial charge < -0.3 is 5.73 Å². The zero-order valence-corrected chi connectivity index (χ0v) is 8.24. The van der Waals surface area contributed by atoms with Crippen molar-refractivity contribution in [3.8, 4) is 0 Å². The molecule has 0 aliphatic carbocycles. The highest BCUT2D eigenvalue weighted by molar-refractivity contribution is 7.13. The maximum Gasteiger partial charge on any atom is 0.180 e. The van der Waals surface area contributed by atoms with E-state index in [1.807, 2.05) is 35.7 Å². The molecule has 2 heterocycles. The first-order valence-corrected chi connectivity index (χ1v) is 5.03. The van der Waals surface area contributed by atoms with Gasteiger partial charge in [0, 0.05) is 11.6 Å². The number of anilines is 1. The van der Waals surface area contributed by atoms with Crippen molar-refractivity contribution in [3.05, 3.63) is 41.2 Å². The largest absolute Gasteiger partial charge is 0.375 e. The van der Waals surface area contributed by atoms with Gasteiger partial charge in [-0.25, -0.2) is 4.98 Å². The van der Waals surface area contributed by atoms with Crippen LogP contribution in [0.5, 0.6) is 0 Å². The number of nitrogen functional groups attached to an aromatic ring is 1. The summed E-state index contributed by atoms with van der Waals surface area (Å²) in [6, 6.07) is 5.77. The Morgan fingerprint density at radius 2 is 2.07 bits per heavy atom. The standard InChI is InChI=1S/C10H9N3S/c11-10-13-9(7-14-10)5-4-8-3-1-2-6-12-8/h1-7H,(H2,11,13)/b5-4+. The zero-order valence-electron chi connectivity index (χ0n) is 7.42. The molecule has 3 nitrogen and oxygen atoms in total. The van der Waals surface area contributed by atoms with Gasteiger partial charge in [0.2, 0.25) is 0 Å². The first-order valence-electron chi connectivity index (χ1n) is 4.15. The summed E-state index contributed by atoms with van der Waals surface area (Å²) < 4.78 is 0. The lowest BCUT2D eigenvalue weighted by Gasteiger charge is -1.88. The second kappa shape index (κ2) is 4.02. The number of hydrogen-bond donors (Lipinski definition) is 1. The van der Waals surface area contributed by atoms with Crippen molar-refractivity contribution in [2.24, 2.45) is 0 Å². The molecule has 0 aliphatic heterocycles. The van der Waals surface area contributed by atoms with Crippen LogP contribution in [0.2, 0.25) is 0 Å². The maximum absolute atomic E-state index is 5.51. The molecule has 4 heteroatoms. The second-order valence-corrected chi connectivity index (χ2v) is 3.59. The predicted molar refractivity (Wildman–Crippen MR) is 59.7 cm³/mol. The fraction of sp³-hybridized carbons (Fsp3) is 0. The van der Waals surface area contributed by atoms with Gasteiger partial charge in [0.25, 0.3) is 0 Å². The van der Waals surface area contributed by atoms with Crippen LogP contribution in [-0.2, 0) is 0 Å². The lowest BCUT2D eigenvalue weighted by molar-refractivity contribution is 1.30. The van der Waals surface area contributed by atoms with Crippen LogP contribution < -0.4 is 5.73 Å². The van der Waals surface area contributed by atoms with Gasteiger partial charge in [-0.15, -0.1) is 11.3 Å². The van der Waals surface area contributed by atoms with Crippen LogP contribution in [0.3, 0.4) is 0 Å². The molecule has 0 saturated carbocycles. The highest BCUT2D eigenvalue weighted by atomic mass is 32.1. The van der Waals surface area contributed by atoms with E-state index in [2.05, 4.69) is 9.97 Å². The van der Waals surface area contributed by atoms with Crippen molar-refractivity contribution in [2.75, 3.05) is 5.73 Å². The maximum atomic E-state index is 5.51. The summed E-state index contributed by atoms with van der Waals surface area (Å²) in [5.41, 5.74) is 7.29. The molecule has 70 valence electrons. The van der Waals surface area contributed by atoms with Gasteiger partial charge >= 0.3 is 0 Å². The van der Waals surface area contributed by atoms with Crippen LogP contribution in [-0.4, -0.2) is 9.97 Å². The zero-order chi connectivity index (χ0) is 9.80. The van der Waals surface area contributed by atoms with Crippen molar-refractivity contribution in [3.63, 3.8) is 0 Å². The molecule has 0 spiro atoms. The van der Waals surface area contributed by atoms with Gasteiger partial charge in [0.1, 0.15) is 0 Å². The van der Waals surface area contributed by atoms with Crippen LogP contribution in [0.15, 0.2) is 29.8 Å². The van der Waals surface area contributed by atoms with Crippen molar-refractivity contribution in [1.82, 2.24) is 9.97 Å². The number of aromatic nitrogens is 2. The van der Waals surface area contributed by atoms with Crippen LogP contribution in [0, 0.1) is 0 Å². The van der Waals surface area contributed by atoms with E-state index < -0.39 is 0 Å². The topological polar surface area (TPSA) is 51.8 Å². The Morgan fingerprint density at radius 1 is 1.21 bits per heavy atom. The molecule has 2 N–H and O–H groups in total. The molecule has 2 rings (SSSR count). The van der Waals surface area contributed by atoms with Crippen molar-refractivity contribution >= 4 is 28.6 Å². The van der Waals surface area contributed by atoms with E-state index in [0.29, 0.717) is 5.13 Å². The number of thiazole rings is 1. The summed E-state index contributed by atoms with van der Waals surface area (Å²) in [5.74, 6) is 0. The lowest BCUT2D eigenvalue weighted by atomic mass is 10.3. The quantitative estimate of drug-likeness (QED) is 0.814. The average molecular weight is 203 g/mol. The van der Waals surface area contributed by atoms with E-state index in [9.17, 15) is 0 Å². The first kappa shape index (κ1) is 8.90. The molecule has 14 heavy (non-hydrogen) atoms. The summed E-state index contributed by atoms with van der Waals surface area (Å²) >= 11 is 1.43. The third-order valence-electron chi connectivity index (χ3n) is 1.65. The fourth-order valence-corrected chi connectivity index (χ4v) is 1.55. The summed E-state index contributed by atoms with van der Waals surface area (Å²) in [6.07, 6.45) is 5.57. The summed E-state index contributed by atoms with van der Waals surface area (Å²) in [5, 5.41) is 2.50. The Labute approximate surface area is 85.9 Å². The summed E-state index contributed by atoms with van der Waals surface area (Å²) in [7, 11) is 0. The SMILES string of the molecule is Nc1nc(/C=C/c2ccccn2)cs1. The minimum Gasteiger partial charge on any atom is -0.375 e. The molecular weight excluding hydrogens is 194 g/mol. The molecule has 0 atom stereocenters. The van der Waals surface area contributed by atoms with E-state index >= 15 is 0 Å². The molecular formula is C10H9N3S. The van der Waals surface area contributed by atoms with Crippen LogP contribution in [0.25, 0.3) is 12.2 Å². The fourth-order valence-electron chi connectivity index (χ4n) is 1.02. The number of hydrogen-bond acceptors (Lipinski definition) is 4. The normalized spacial score (nSPS) is 10.9. The van der Waals surface area contributed by atoms with Gasteiger partial charge in [0.15, 0.2) is 5.13 Å². The van der Waals surface area contributed by atoms with Gasteiger partial charge in [-0.1, -0.05) is 6.07 Å². The molecule has 0 unspecified atom stereocenters. The smallest absolute Gasteiger partial charge is 0.180 e. The molecule has 0 amide bonds. The van der Waals surface area contributed by atoms with E-state index in [1.54, 1.807) is 6.20 Å². The van der Waals surface area contributed by atoms with Gasteiger partial charge in [-0.2, -0.15) is 0 Å². The monoisotopic (exact) mass is 203 g/mol. The summed E-state index contributed by atoms with van der Waals surface area (Å²) in [6.45, 7) is 0. The Bertz CT molecular complexity index is 434. The highest BCUT2D eigenvalue weighted by Crippen LogP contribution is 2.13.